The van der Waals surface area contributed by atoms with Crippen LogP contribution in [0.1, 0.15) is 225 Å². The number of ketones is 4. The third kappa shape index (κ3) is 43.7. The van der Waals surface area contributed by atoms with E-state index in [-0.39, 0.29) is 201 Å². The van der Waals surface area contributed by atoms with Gasteiger partial charge in [0.2, 0.25) is 52.9 Å². The number of amides is 8. The number of nitrogens with two attached hydrogens (primary N) is 9. The van der Waals surface area contributed by atoms with Gasteiger partial charge in [0.15, 0.2) is 76.5 Å². The second kappa shape index (κ2) is 63.6. The number of thioether (sulfide) groups is 1. The van der Waals surface area contributed by atoms with Crippen LogP contribution in [-0.4, -0.2) is 260 Å². The molecular formula is C99H162N33O15S2+. The number of nitrogens with one attached hydrogen (secondary N) is 21. The van der Waals surface area contributed by atoms with Crippen molar-refractivity contribution >= 4 is 157 Å². The highest BCUT2D eigenvalue weighted by atomic mass is 32.2. The highest BCUT2D eigenvalue weighted by Gasteiger charge is 2.46. The number of aryl methyl sites for hydroxylation is 1. The number of guanidine groups is 8. The largest absolute Gasteiger partial charge is 0.370 e. The van der Waals surface area contributed by atoms with Crippen molar-refractivity contribution < 1.29 is 75.1 Å². The smallest absolute Gasteiger partial charge is 0.294 e. The second-order valence-corrected chi connectivity index (χ2v) is 41.2. The van der Waals surface area contributed by atoms with Crippen LogP contribution in [0.15, 0.2) is 89.5 Å². The number of likely N-dealkylation sites (tertiary alicyclic amines) is 1. The fourth-order valence-electron chi connectivity index (χ4n) is 18.1. The molecule has 149 heavy (non-hydrogen) atoms. The summed E-state index contributed by atoms with van der Waals surface area (Å²) in [6.07, 6.45) is 14.4. The molecule has 0 radical (unpaired) electrons. The third-order valence-electron chi connectivity index (χ3n) is 26.2. The Balaban J connectivity index is 1.32. The Morgan fingerprint density at radius 1 is 0.450 bits per heavy atom. The predicted molar refractivity (Wildman–Crippen MR) is 577 cm³/mol. The van der Waals surface area contributed by atoms with Crippen molar-refractivity contribution in [2.24, 2.45) is 81.2 Å². The Hall–Kier alpha value is -14.1. The summed E-state index contributed by atoms with van der Waals surface area (Å²) < 4.78 is 37.2. The summed E-state index contributed by atoms with van der Waals surface area (Å²) in [5, 5.41) is 96.3. The number of imide groups is 1. The minimum absolute atomic E-state index is 0.00402. The Bertz CT molecular complexity index is 5330. The molecule has 10 atom stereocenters. The van der Waals surface area contributed by atoms with Gasteiger partial charge in [-0.05, 0) is 186 Å². The van der Waals surface area contributed by atoms with Crippen molar-refractivity contribution in [2.75, 3.05) is 89.2 Å². The van der Waals surface area contributed by atoms with Gasteiger partial charge in [0.25, 0.3) is 10.1 Å². The van der Waals surface area contributed by atoms with Crippen molar-refractivity contribution in [3.8, 4) is 0 Å². The predicted octanol–water partition coefficient (Wildman–Crippen LogP) is 1.38. The first-order valence-corrected chi connectivity index (χ1v) is 53.3. The molecule has 1 fully saturated rings. The van der Waals surface area contributed by atoms with E-state index in [2.05, 4.69) is 131 Å². The molecule has 0 bridgehead atoms. The number of benzene rings is 2. The number of nitrogens with zero attached hydrogens (tertiary/aromatic N) is 3. The van der Waals surface area contributed by atoms with Crippen LogP contribution < -0.4 is 126 Å². The lowest BCUT2D eigenvalue weighted by molar-refractivity contribution is -0.433. The summed E-state index contributed by atoms with van der Waals surface area (Å²) >= 11 is 0.915. The van der Waals surface area contributed by atoms with Gasteiger partial charge in [-0.1, -0.05) is 69.2 Å². The molecule has 2 aromatic rings. The maximum Gasteiger partial charge on any atom is 0.294 e. The number of unbranched alkanes of at least 4 members (excludes halogenated alkanes) is 2. The summed E-state index contributed by atoms with van der Waals surface area (Å²) in [6.45, 7) is 16.1. The molecule has 3 aliphatic rings. The fourth-order valence-corrected chi connectivity index (χ4v) is 19.9. The molecule has 3 heterocycles. The molecule has 3 aliphatic heterocycles. The average molecular weight is 2120 g/mol. The van der Waals surface area contributed by atoms with Gasteiger partial charge in [0.05, 0.1) is 45.6 Å². The van der Waals surface area contributed by atoms with Crippen molar-refractivity contribution in [2.45, 2.75) is 261 Å². The van der Waals surface area contributed by atoms with E-state index in [0.29, 0.717) is 57.2 Å². The minimum atomic E-state index is -4.52. The molecule has 1 unspecified atom stereocenters. The van der Waals surface area contributed by atoms with E-state index >= 15 is 19.2 Å². The quantitative estimate of drug-likeness (QED) is 0.00846. The highest BCUT2D eigenvalue weighted by Crippen LogP contribution is 2.49. The van der Waals surface area contributed by atoms with E-state index in [4.69, 9.17) is 94.9 Å². The molecule has 40 N–H and O–H groups in total. The number of rotatable bonds is 72. The van der Waals surface area contributed by atoms with E-state index < -0.39 is 195 Å². The van der Waals surface area contributed by atoms with E-state index in [9.17, 15) is 51.3 Å². The van der Waals surface area contributed by atoms with Crippen LogP contribution in [0.25, 0.3) is 0 Å². The number of hydrogen-bond acceptors (Lipinski definition) is 24. The van der Waals surface area contributed by atoms with Gasteiger partial charge in [-0.15, -0.1) is 11.8 Å². The number of carbonyl (C=O) groups excluding carboxylic acids is 12. The monoisotopic (exact) mass is 2120 g/mol. The van der Waals surface area contributed by atoms with Crippen LogP contribution >= 0.6 is 11.8 Å². The molecule has 50 heteroatoms. The zero-order chi connectivity index (χ0) is 111. The molecule has 5 rings (SSSR count). The van der Waals surface area contributed by atoms with Crippen LogP contribution in [0, 0.1) is 79.8 Å². The SMILES string of the molecule is CC[C@H](CCCNC(=N)N)C(=O)N[C@H](CCCNC(=N)N)C(=O)C[C@H](CCCNC(=N)N)C(=O)N[C@H](CCCNC(=N)N)C(=O)C[C@H](CCCNC(=N)N)C(=O)N[C@H](CCCNC(=N)N)C(=O)C[C@H](CCCNC(=N)N)C(=O)N[C@H](CCCNC(=N)N)C(=O)C[C@H](CSC1CC(=O)N(CCNC(=O)CCCCCN2/C(=C/C=C/C=C/C=C/C3=[N+](CC)c4ccc(C)cc4C3(C)C)C(C)(C)c3cc(S(=O)(=O)O)ccc32)C1=O)C(N)=O. The van der Waals surface area contributed by atoms with Gasteiger partial charge >= 0.3 is 0 Å². The maximum atomic E-state index is 15.2. The summed E-state index contributed by atoms with van der Waals surface area (Å²) in [6, 6.07) is 5.64. The number of primary amides is 1. The maximum absolute atomic E-state index is 15.2. The molecule has 0 saturated carbocycles. The molecule has 0 aromatic heterocycles. The van der Waals surface area contributed by atoms with Crippen LogP contribution in [0.3, 0.4) is 0 Å². The highest BCUT2D eigenvalue weighted by molar-refractivity contribution is 8.00. The Morgan fingerprint density at radius 2 is 0.832 bits per heavy atom. The molecule has 824 valence electrons. The molecular weight excluding hydrogens is 1960 g/mol. The van der Waals surface area contributed by atoms with Crippen molar-refractivity contribution in [3.63, 3.8) is 0 Å². The molecule has 8 amide bonds. The molecule has 48 nitrogen and oxygen atoms in total. The van der Waals surface area contributed by atoms with Crippen molar-refractivity contribution in [1.29, 1.82) is 43.3 Å². The van der Waals surface area contributed by atoms with E-state index in [0.717, 1.165) is 34.6 Å². The minimum Gasteiger partial charge on any atom is -0.370 e. The fraction of sp³-hybridized carbons (Fsp3) is 0.586. The zero-order valence-electron chi connectivity index (χ0n) is 86.9. The molecule has 0 spiro atoms. The van der Waals surface area contributed by atoms with Gasteiger partial charge in [-0.25, -0.2) is 0 Å². The Labute approximate surface area is 876 Å². The standard InChI is InChI=1S/C99H161N33O15S2/c1-8-61(26-18-41-118-90(101)102)85(140)126-69(30-22-45-122-94(109)110)75(133)53-62(27-19-42-119-91(103)104)86(141)127-70(31-23-46-123-95(111)112)76(134)54-63(28-20-43-120-92(105)106)87(142)128-71(32-24-47-124-96(113)114)77(135)55-64(29-21-44-121-93(107)108)88(143)129-72(33-25-48-125-97(115)116)78(136)56-65(84(100)139)59-148-79-58-83(138)132(89(79)144)51-49-117-82(137)36-16-13-17-50-131-74-40-38-66(149(145,146)147)57-68(74)99(6,7)81(131)35-15-12-10-11-14-34-80-98(4,5)67-52-60(3)37-39-73(67)130(80)9-2/h10-12,14-15,34-35,37-40,52,57,61-65,69-72,79H,8-9,13,16-33,36,41-51,53-56,58-59H2,1-7H3,(H39-,100,101,102,103,104,105,106,107,108,109,110,111,112,113,114,115,116,117,118,119,120,121,122,123,124,125,126,127,128,129,137,139,140,141,142,143,145,146,147)/p+1/t61-,62+,63+,64+,65-,69-,70-,71-,72-,79?/m1/s1. The lowest BCUT2D eigenvalue weighted by Gasteiger charge is -2.27. The van der Waals surface area contributed by atoms with Crippen LogP contribution in [0.4, 0.5) is 11.4 Å². The molecule has 1 saturated heterocycles. The van der Waals surface area contributed by atoms with Gasteiger partial charge in [0, 0.05) is 174 Å². The number of anilines is 1. The summed E-state index contributed by atoms with van der Waals surface area (Å²) in [5.41, 5.74) is 57.1. The van der Waals surface area contributed by atoms with Crippen LogP contribution in [-0.2, 0) is 78.5 Å². The summed E-state index contributed by atoms with van der Waals surface area (Å²) in [7, 11) is -4.52. The average Bonchev–Trinajstić information content (AvgIpc) is 1.59. The summed E-state index contributed by atoms with van der Waals surface area (Å²) in [5.74, 6) is -17.1. The van der Waals surface area contributed by atoms with Crippen LogP contribution in [0.2, 0.25) is 0 Å². The number of allylic oxidation sites excluding steroid dienone is 8. The van der Waals surface area contributed by atoms with E-state index in [1.54, 1.807) is 13.0 Å². The van der Waals surface area contributed by atoms with Gasteiger partial charge in [-0.3, -0.25) is 110 Å². The Morgan fingerprint density at radius 3 is 1.22 bits per heavy atom. The number of Topliss-reactive ketones (excluding diaryl/α,β-unsaturated/α-hetero) is 4. The van der Waals surface area contributed by atoms with Crippen LogP contribution in [0.5, 0.6) is 0 Å². The normalized spacial score (nSPS) is 16.1. The number of hydrogen-bond donors (Lipinski definition) is 31. The van der Waals surface area contributed by atoms with Crippen molar-refractivity contribution in [1.82, 2.24) is 74.0 Å². The first kappa shape index (κ1) is 125. The first-order chi connectivity index (χ1) is 70.4. The topological polar surface area (TPSA) is 850 Å². The Kier molecular flexibility index (Phi) is 53.5. The third-order valence-corrected chi connectivity index (χ3v) is 28.4. The van der Waals surface area contributed by atoms with E-state index in [1.165, 1.54) is 34.7 Å². The summed E-state index contributed by atoms with van der Waals surface area (Å²) in [4.78, 5) is 176. The first-order valence-electron chi connectivity index (χ1n) is 50.8. The lowest BCUT2D eigenvalue weighted by atomic mass is 9.81. The number of carbonyl (C=O) groups is 12. The lowest BCUT2D eigenvalue weighted by Crippen LogP contribution is -2.49. The van der Waals surface area contributed by atoms with Crippen molar-refractivity contribution in [3.05, 3.63) is 101 Å². The number of fused-ring (bicyclic) bond motifs is 2. The van der Waals surface area contributed by atoms with Gasteiger partial charge in [0.1, 0.15) is 6.54 Å². The molecule has 0 aliphatic carbocycles. The molecule has 2 aromatic carbocycles. The van der Waals surface area contributed by atoms with E-state index in [1.807, 2.05) is 50.3 Å². The van der Waals surface area contributed by atoms with Gasteiger partial charge < -0.3 is 126 Å². The zero-order valence-corrected chi connectivity index (χ0v) is 88.5. The second-order valence-electron chi connectivity index (χ2n) is 38.5. The van der Waals surface area contributed by atoms with Gasteiger partial charge in [-0.2, -0.15) is 13.0 Å².